The van der Waals surface area contributed by atoms with Gasteiger partial charge in [-0.2, -0.15) is 0 Å². The minimum Gasteiger partial charge on any atom is -0.384 e. The first-order chi connectivity index (χ1) is 15.0. The Morgan fingerprint density at radius 2 is 2.06 bits per heavy atom. The van der Waals surface area contributed by atoms with Gasteiger partial charge in [-0.05, 0) is 25.7 Å². The molecule has 2 aliphatic heterocycles. The summed E-state index contributed by atoms with van der Waals surface area (Å²) in [5.41, 5.74) is 2.60. The molecular formula is C22H31N5O4. The summed E-state index contributed by atoms with van der Waals surface area (Å²) in [6, 6.07) is 1.79. The number of hydrogen-bond donors (Lipinski definition) is 1. The highest BCUT2D eigenvalue weighted by Crippen LogP contribution is 2.31. The molecule has 0 aliphatic carbocycles. The number of fused-ring (bicyclic) bond motifs is 2. The molecule has 0 saturated carbocycles. The van der Waals surface area contributed by atoms with Crippen LogP contribution in [0.25, 0.3) is 5.65 Å². The number of carbonyl (C=O) groups is 2. The highest BCUT2D eigenvalue weighted by Gasteiger charge is 2.30. The third-order valence-corrected chi connectivity index (χ3v) is 6.30. The average Bonchev–Trinajstić information content (AvgIpc) is 3.22. The lowest BCUT2D eigenvalue weighted by Crippen LogP contribution is -2.40. The predicted molar refractivity (Wildman–Crippen MR) is 115 cm³/mol. The van der Waals surface area contributed by atoms with E-state index in [1.54, 1.807) is 12.0 Å². The van der Waals surface area contributed by atoms with Crippen LogP contribution in [0.4, 0.5) is 0 Å². The summed E-state index contributed by atoms with van der Waals surface area (Å²) in [7, 11) is 1.59. The van der Waals surface area contributed by atoms with Gasteiger partial charge in [0.1, 0.15) is 0 Å². The van der Waals surface area contributed by atoms with Gasteiger partial charge in [-0.25, -0.2) is 9.50 Å². The first-order valence-corrected chi connectivity index (χ1v) is 11.2. The lowest BCUT2D eigenvalue weighted by atomic mass is 9.99. The van der Waals surface area contributed by atoms with E-state index in [0.717, 1.165) is 37.1 Å². The van der Waals surface area contributed by atoms with E-state index in [0.29, 0.717) is 56.7 Å². The van der Waals surface area contributed by atoms with Gasteiger partial charge in [-0.15, -0.1) is 0 Å². The van der Waals surface area contributed by atoms with Crippen molar-refractivity contribution in [1.82, 2.24) is 24.4 Å². The summed E-state index contributed by atoms with van der Waals surface area (Å²) >= 11 is 0. The number of hydrogen-bond acceptors (Lipinski definition) is 5. The summed E-state index contributed by atoms with van der Waals surface area (Å²) in [6.45, 7) is 3.98. The van der Waals surface area contributed by atoms with E-state index in [4.69, 9.17) is 9.72 Å². The van der Waals surface area contributed by atoms with Crippen LogP contribution in [0.1, 0.15) is 68.4 Å². The summed E-state index contributed by atoms with van der Waals surface area (Å²) in [5.74, 6) is 0.145. The molecule has 1 fully saturated rings. The smallest absolute Gasteiger partial charge is 0.277 e. The molecule has 31 heavy (non-hydrogen) atoms. The summed E-state index contributed by atoms with van der Waals surface area (Å²) in [4.78, 5) is 46.6. The Balaban J connectivity index is 1.64. The second-order valence-corrected chi connectivity index (χ2v) is 8.40. The van der Waals surface area contributed by atoms with Crippen molar-refractivity contribution in [2.45, 2.75) is 64.5 Å². The van der Waals surface area contributed by atoms with E-state index in [1.807, 2.05) is 17.9 Å². The molecule has 4 rings (SSSR count). The predicted octanol–water partition coefficient (Wildman–Crippen LogP) is 1.80. The average molecular weight is 430 g/mol. The molecule has 1 atom stereocenters. The van der Waals surface area contributed by atoms with Gasteiger partial charge < -0.3 is 14.5 Å². The molecule has 0 unspecified atom stereocenters. The van der Waals surface area contributed by atoms with Crippen molar-refractivity contribution in [3.63, 3.8) is 0 Å². The van der Waals surface area contributed by atoms with Crippen molar-refractivity contribution >= 4 is 17.5 Å². The van der Waals surface area contributed by atoms with Crippen LogP contribution in [-0.2, 0) is 27.3 Å². The van der Waals surface area contributed by atoms with Crippen molar-refractivity contribution in [2.24, 2.45) is 0 Å². The molecular weight excluding hydrogens is 398 g/mol. The summed E-state index contributed by atoms with van der Waals surface area (Å²) < 4.78 is 6.53. The maximum atomic E-state index is 13.2. The topological polar surface area (TPSA) is 100 Å². The molecule has 2 aromatic heterocycles. The SMILES string of the molecule is CCCC(=O)N1CCc2nc3cc([C@@H]4CCCCN4C(=O)CCOC)[nH]n3c(=O)c2C1. The second kappa shape index (κ2) is 9.21. The fourth-order valence-corrected chi connectivity index (χ4v) is 4.64. The monoisotopic (exact) mass is 429 g/mol. The van der Waals surface area contributed by atoms with Gasteiger partial charge in [-0.1, -0.05) is 6.92 Å². The number of rotatable bonds is 6. The van der Waals surface area contributed by atoms with Crippen molar-refractivity contribution in [2.75, 3.05) is 26.8 Å². The minimum atomic E-state index is -0.159. The number of carbonyl (C=O) groups excluding carboxylic acids is 2. The van der Waals surface area contributed by atoms with E-state index < -0.39 is 0 Å². The van der Waals surface area contributed by atoms with E-state index in [9.17, 15) is 14.4 Å². The first kappa shape index (κ1) is 21.5. The fraction of sp³-hybridized carbons (Fsp3) is 0.636. The number of nitrogens with zero attached hydrogens (tertiary/aromatic N) is 4. The van der Waals surface area contributed by atoms with Crippen molar-refractivity contribution in [3.05, 3.63) is 33.4 Å². The number of likely N-dealkylation sites (tertiary alicyclic amines) is 1. The van der Waals surface area contributed by atoms with Crippen molar-refractivity contribution in [1.29, 1.82) is 0 Å². The highest BCUT2D eigenvalue weighted by atomic mass is 16.5. The van der Waals surface area contributed by atoms with Gasteiger partial charge >= 0.3 is 0 Å². The van der Waals surface area contributed by atoms with Crippen LogP contribution in [0.2, 0.25) is 0 Å². The van der Waals surface area contributed by atoms with E-state index in [2.05, 4.69) is 5.10 Å². The van der Waals surface area contributed by atoms with Crippen LogP contribution in [-0.4, -0.2) is 63.0 Å². The molecule has 0 aromatic carbocycles. The van der Waals surface area contributed by atoms with Crippen LogP contribution < -0.4 is 5.56 Å². The number of aromatic amines is 1. The van der Waals surface area contributed by atoms with E-state index >= 15 is 0 Å². The quantitative estimate of drug-likeness (QED) is 0.755. The van der Waals surface area contributed by atoms with Crippen LogP contribution in [0.3, 0.4) is 0 Å². The number of aromatic nitrogens is 3. The third kappa shape index (κ3) is 4.23. The van der Waals surface area contributed by atoms with Crippen molar-refractivity contribution < 1.29 is 14.3 Å². The summed E-state index contributed by atoms with van der Waals surface area (Å²) in [5, 5.41) is 3.21. The summed E-state index contributed by atoms with van der Waals surface area (Å²) in [6.07, 6.45) is 5.07. The Morgan fingerprint density at radius 3 is 2.84 bits per heavy atom. The van der Waals surface area contributed by atoms with Gasteiger partial charge in [0.25, 0.3) is 5.56 Å². The molecule has 2 aliphatic rings. The van der Waals surface area contributed by atoms with Gasteiger partial charge in [0.2, 0.25) is 11.8 Å². The molecule has 0 bridgehead atoms. The maximum Gasteiger partial charge on any atom is 0.277 e. The van der Waals surface area contributed by atoms with Gasteiger partial charge in [-0.3, -0.25) is 19.5 Å². The molecule has 2 aromatic rings. The normalized spacial score (nSPS) is 19.0. The number of ether oxygens (including phenoxy) is 1. The number of nitrogens with one attached hydrogen (secondary N) is 1. The molecule has 0 spiro atoms. The second-order valence-electron chi connectivity index (χ2n) is 8.40. The Bertz CT molecular complexity index is 1030. The van der Waals surface area contributed by atoms with Gasteiger partial charge in [0, 0.05) is 39.1 Å². The van der Waals surface area contributed by atoms with Crippen LogP contribution in [0.15, 0.2) is 10.9 Å². The lowest BCUT2D eigenvalue weighted by molar-refractivity contribution is -0.136. The molecule has 9 heteroatoms. The lowest BCUT2D eigenvalue weighted by Gasteiger charge is -2.35. The number of piperidine rings is 1. The van der Waals surface area contributed by atoms with Crippen molar-refractivity contribution in [3.8, 4) is 0 Å². The zero-order valence-electron chi connectivity index (χ0n) is 18.4. The molecule has 0 radical (unpaired) electrons. The number of H-pyrrole nitrogens is 1. The zero-order chi connectivity index (χ0) is 22.0. The highest BCUT2D eigenvalue weighted by molar-refractivity contribution is 5.77. The van der Waals surface area contributed by atoms with Crippen LogP contribution in [0, 0.1) is 0 Å². The first-order valence-electron chi connectivity index (χ1n) is 11.2. The molecule has 168 valence electrons. The third-order valence-electron chi connectivity index (χ3n) is 6.30. The van der Waals surface area contributed by atoms with Crippen LogP contribution >= 0.6 is 0 Å². The number of amides is 2. The van der Waals surface area contributed by atoms with E-state index in [-0.39, 0.29) is 23.4 Å². The molecule has 2 amide bonds. The molecule has 9 nitrogen and oxygen atoms in total. The standard InChI is InChI=1S/C22H31N5O4/c1-3-6-20(28)25-11-8-16-15(14-25)22(30)27-19(23-16)13-17(24-27)18-7-4-5-10-26(18)21(29)9-12-31-2/h13,18,24H,3-12,14H2,1-2H3/t18-/m0/s1. The van der Waals surface area contributed by atoms with Gasteiger partial charge in [0.05, 0.1) is 42.6 Å². The Labute approximate surface area is 181 Å². The molecule has 1 saturated heterocycles. The largest absolute Gasteiger partial charge is 0.384 e. The Hall–Kier alpha value is -2.68. The minimum absolute atomic E-state index is 0.0647. The van der Waals surface area contributed by atoms with E-state index in [1.165, 1.54) is 4.52 Å². The Kier molecular flexibility index (Phi) is 6.41. The van der Waals surface area contributed by atoms with Crippen LogP contribution in [0.5, 0.6) is 0 Å². The van der Waals surface area contributed by atoms with Gasteiger partial charge in [0.15, 0.2) is 5.65 Å². The fourth-order valence-electron chi connectivity index (χ4n) is 4.64. The zero-order valence-corrected chi connectivity index (χ0v) is 18.4. The maximum absolute atomic E-state index is 13.2. The number of methoxy groups -OCH3 is 1. The Morgan fingerprint density at radius 1 is 1.23 bits per heavy atom. The molecule has 1 N–H and O–H groups in total. The molecule has 4 heterocycles.